The molecular formula is C14H15ClN2S. The first-order valence-electron chi connectivity index (χ1n) is 6.19. The highest BCUT2D eigenvalue weighted by atomic mass is 35.5. The summed E-state index contributed by atoms with van der Waals surface area (Å²) in [5, 5.41) is 1.87. The van der Waals surface area contributed by atoms with Crippen molar-refractivity contribution in [3.05, 3.63) is 50.4 Å². The largest absolute Gasteiger partial charge is 0.325 e. The first kappa shape index (κ1) is 12.2. The highest BCUT2D eigenvalue weighted by Gasteiger charge is 2.23. The Morgan fingerprint density at radius 3 is 2.83 bits per heavy atom. The van der Waals surface area contributed by atoms with Gasteiger partial charge < -0.3 is 5.73 Å². The molecule has 94 valence electrons. The van der Waals surface area contributed by atoms with Crippen LogP contribution >= 0.6 is 22.9 Å². The van der Waals surface area contributed by atoms with Crippen LogP contribution in [0.2, 0.25) is 5.02 Å². The van der Waals surface area contributed by atoms with Gasteiger partial charge in [0.15, 0.2) is 0 Å². The Kier molecular flexibility index (Phi) is 3.37. The van der Waals surface area contributed by atoms with Gasteiger partial charge in [-0.3, -0.25) is 0 Å². The number of fused-ring (bicyclic) bond motifs is 1. The van der Waals surface area contributed by atoms with E-state index in [2.05, 4.69) is 17.1 Å². The quantitative estimate of drug-likeness (QED) is 0.913. The van der Waals surface area contributed by atoms with Gasteiger partial charge in [0.2, 0.25) is 0 Å². The molecule has 1 aliphatic rings. The zero-order valence-corrected chi connectivity index (χ0v) is 11.6. The Morgan fingerprint density at radius 2 is 2.11 bits per heavy atom. The van der Waals surface area contributed by atoms with Crippen molar-refractivity contribution in [2.45, 2.75) is 31.7 Å². The highest BCUT2D eigenvalue weighted by Crippen LogP contribution is 2.35. The number of nitrogens with two attached hydrogens (primary N) is 1. The molecule has 0 saturated carbocycles. The summed E-state index contributed by atoms with van der Waals surface area (Å²) in [6, 6.07) is 8.24. The Labute approximate surface area is 116 Å². The number of thiazole rings is 1. The lowest BCUT2D eigenvalue weighted by atomic mass is 9.85. The monoisotopic (exact) mass is 278 g/mol. The number of rotatable bonds is 2. The summed E-state index contributed by atoms with van der Waals surface area (Å²) < 4.78 is 0. The van der Waals surface area contributed by atoms with Crippen molar-refractivity contribution < 1.29 is 0 Å². The van der Waals surface area contributed by atoms with Gasteiger partial charge in [-0.05, 0) is 42.9 Å². The fraction of sp³-hybridized carbons (Fsp3) is 0.357. The molecule has 18 heavy (non-hydrogen) atoms. The molecule has 2 aromatic rings. The van der Waals surface area contributed by atoms with E-state index in [9.17, 15) is 0 Å². The van der Waals surface area contributed by atoms with Gasteiger partial charge in [-0.15, -0.1) is 11.3 Å². The maximum Gasteiger partial charge on any atom is 0.107 e. The summed E-state index contributed by atoms with van der Waals surface area (Å²) in [5.41, 5.74) is 8.31. The molecule has 0 fully saturated rings. The average molecular weight is 279 g/mol. The Bertz CT molecular complexity index is 547. The van der Waals surface area contributed by atoms with Crippen LogP contribution in [0.25, 0.3) is 0 Å². The predicted molar refractivity (Wildman–Crippen MR) is 76.2 cm³/mol. The molecule has 2 N–H and O–H groups in total. The standard InChI is InChI=1S/C14H15ClN2S/c15-11-4-1-9(2-5-11)10-3-6-12-13(7-10)18-14(8-16)17-12/h1-2,4-5,10H,3,6-8,16H2. The highest BCUT2D eigenvalue weighted by molar-refractivity contribution is 7.11. The first-order chi connectivity index (χ1) is 8.76. The van der Waals surface area contributed by atoms with Crippen LogP contribution in [-0.4, -0.2) is 4.98 Å². The molecule has 1 atom stereocenters. The molecule has 0 spiro atoms. The number of aryl methyl sites for hydroxylation is 1. The molecule has 1 unspecified atom stereocenters. The molecule has 4 heteroatoms. The van der Waals surface area contributed by atoms with Gasteiger partial charge in [0.1, 0.15) is 5.01 Å². The molecule has 3 rings (SSSR count). The first-order valence-corrected chi connectivity index (χ1v) is 7.38. The Balaban J connectivity index is 1.83. The van der Waals surface area contributed by atoms with Crippen molar-refractivity contribution in [3.63, 3.8) is 0 Å². The molecule has 1 aliphatic carbocycles. The lowest BCUT2D eigenvalue weighted by Gasteiger charge is -2.21. The molecule has 0 aliphatic heterocycles. The van der Waals surface area contributed by atoms with Gasteiger partial charge in [0.05, 0.1) is 5.69 Å². The number of halogens is 1. The van der Waals surface area contributed by atoms with E-state index in [1.54, 1.807) is 11.3 Å². The number of benzene rings is 1. The summed E-state index contributed by atoms with van der Waals surface area (Å²) in [7, 11) is 0. The molecule has 0 radical (unpaired) electrons. The second-order valence-electron chi connectivity index (χ2n) is 4.67. The van der Waals surface area contributed by atoms with Crippen LogP contribution in [0.5, 0.6) is 0 Å². The summed E-state index contributed by atoms with van der Waals surface area (Å²) in [4.78, 5) is 6.00. The van der Waals surface area contributed by atoms with Crippen LogP contribution < -0.4 is 5.73 Å². The van der Waals surface area contributed by atoms with Crippen molar-refractivity contribution in [1.29, 1.82) is 0 Å². The van der Waals surface area contributed by atoms with E-state index >= 15 is 0 Å². The van der Waals surface area contributed by atoms with Gasteiger partial charge in [-0.2, -0.15) is 0 Å². The van der Waals surface area contributed by atoms with Gasteiger partial charge in [-0.1, -0.05) is 23.7 Å². The predicted octanol–water partition coefficient (Wildman–Crippen LogP) is 3.53. The van der Waals surface area contributed by atoms with E-state index in [0.29, 0.717) is 12.5 Å². The van der Waals surface area contributed by atoms with Crippen LogP contribution in [-0.2, 0) is 19.4 Å². The number of aromatic nitrogens is 1. The minimum absolute atomic E-state index is 0.559. The third-order valence-electron chi connectivity index (χ3n) is 3.50. The van der Waals surface area contributed by atoms with E-state index < -0.39 is 0 Å². The van der Waals surface area contributed by atoms with E-state index in [1.807, 2.05) is 12.1 Å². The van der Waals surface area contributed by atoms with Gasteiger partial charge in [0, 0.05) is 16.4 Å². The van der Waals surface area contributed by atoms with E-state index in [1.165, 1.54) is 22.6 Å². The summed E-state index contributed by atoms with van der Waals surface area (Å²) in [6.07, 6.45) is 3.33. The number of hydrogen-bond acceptors (Lipinski definition) is 3. The third kappa shape index (κ3) is 2.30. The van der Waals surface area contributed by atoms with Crippen LogP contribution in [0.4, 0.5) is 0 Å². The van der Waals surface area contributed by atoms with Gasteiger partial charge in [0.25, 0.3) is 0 Å². The minimum Gasteiger partial charge on any atom is -0.325 e. The van der Waals surface area contributed by atoms with E-state index in [-0.39, 0.29) is 0 Å². The van der Waals surface area contributed by atoms with Crippen LogP contribution in [0.3, 0.4) is 0 Å². The second kappa shape index (κ2) is 5.00. The number of hydrogen-bond donors (Lipinski definition) is 1. The minimum atomic E-state index is 0.559. The lowest BCUT2D eigenvalue weighted by molar-refractivity contribution is 0.584. The maximum absolute atomic E-state index is 5.93. The van der Waals surface area contributed by atoms with Gasteiger partial charge in [-0.25, -0.2) is 4.98 Å². The molecule has 0 amide bonds. The molecule has 2 nitrogen and oxygen atoms in total. The molecular weight excluding hydrogens is 264 g/mol. The number of nitrogens with zero attached hydrogens (tertiary/aromatic N) is 1. The second-order valence-corrected chi connectivity index (χ2v) is 6.28. The van der Waals surface area contributed by atoms with Crippen molar-refractivity contribution in [2.75, 3.05) is 0 Å². The van der Waals surface area contributed by atoms with Crippen molar-refractivity contribution in [3.8, 4) is 0 Å². The van der Waals surface area contributed by atoms with Gasteiger partial charge >= 0.3 is 0 Å². The van der Waals surface area contributed by atoms with Crippen LogP contribution in [0, 0.1) is 0 Å². The average Bonchev–Trinajstić information content (AvgIpc) is 2.81. The van der Waals surface area contributed by atoms with Crippen LogP contribution in [0.15, 0.2) is 24.3 Å². The Hall–Kier alpha value is -0.900. The SMILES string of the molecule is NCc1nc2c(s1)CC(c1ccc(Cl)cc1)CC2. The van der Waals surface area contributed by atoms with Crippen molar-refractivity contribution >= 4 is 22.9 Å². The fourth-order valence-corrected chi connectivity index (χ4v) is 3.73. The molecule has 1 heterocycles. The van der Waals surface area contributed by atoms with Crippen LogP contribution in [0.1, 0.15) is 33.5 Å². The fourth-order valence-electron chi connectivity index (χ4n) is 2.54. The molecule has 1 aromatic heterocycles. The lowest BCUT2D eigenvalue weighted by Crippen LogP contribution is -2.11. The normalized spacial score (nSPS) is 18.7. The third-order valence-corrected chi connectivity index (χ3v) is 4.89. The Morgan fingerprint density at radius 1 is 1.33 bits per heavy atom. The molecule has 1 aromatic carbocycles. The topological polar surface area (TPSA) is 38.9 Å². The summed E-state index contributed by atoms with van der Waals surface area (Å²) in [6.45, 7) is 0.559. The molecule has 0 bridgehead atoms. The van der Waals surface area contributed by atoms with Crippen molar-refractivity contribution in [2.24, 2.45) is 5.73 Å². The van der Waals surface area contributed by atoms with E-state index in [0.717, 1.165) is 22.9 Å². The summed E-state index contributed by atoms with van der Waals surface area (Å²) >= 11 is 7.71. The molecule has 0 saturated heterocycles. The maximum atomic E-state index is 5.93. The zero-order chi connectivity index (χ0) is 12.5. The zero-order valence-electron chi connectivity index (χ0n) is 10.0. The summed E-state index contributed by atoms with van der Waals surface area (Å²) in [5.74, 6) is 0.598. The van der Waals surface area contributed by atoms with E-state index in [4.69, 9.17) is 17.3 Å². The van der Waals surface area contributed by atoms with Crippen molar-refractivity contribution in [1.82, 2.24) is 4.98 Å². The smallest absolute Gasteiger partial charge is 0.107 e.